The molecule has 1 heterocycles. The van der Waals surface area contributed by atoms with Gasteiger partial charge in [-0.15, -0.1) is 0 Å². The van der Waals surface area contributed by atoms with Crippen molar-refractivity contribution in [2.75, 3.05) is 0 Å². The number of nitrogens with one attached hydrogen (secondary N) is 2. The van der Waals surface area contributed by atoms with Gasteiger partial charge in [-0.1, -0.05) is 18.2 Å². The Labute approximate surface area is 159 Å². The molecule has 0 bridgehead atoms. The number of thiocarbonyl (C=S) groups is 1. The van der Waals surface area contributed by atoms with Crippen molar-refractivity contribution in [2.45, 2.75) is 19.6 Å². The Balaban J connectivity index is 2.17. The van der Waals surface area contributed by atoms with Crippen molar-refractivity contribution in [1.29, 1.82) is 0 Å². The van der Waals surface area contributed by atoms with E-state index in [0.29, 0.717) is 16.8 Å². The van der Waals surface area contributed by atoms with Gasteiger partial charge in [0.2, 0.25) is 0 Å². The van der Waals surface area contributed by atoms with E-state index in [-0.39, 0.29) is 22.2 Å². The van der Waals surface area contributed by atoms with E-state index >= 15 is 0 Å². The van der Waals surface area contributed by atoms with Gasteiger partial charge in [0.1, 0.15) is 11.6 Å². The highest BCUT2D eigenvalue weighted by Gasteiger charge is 2.32. The van der Waals surface area contributed by atoms with Crippen LogP contribution in [-0.4, -0.2) is 17.5 Å². The van der Waals surface area contributed by atoms with Crippen LogP contribution in [0.4, 0.5) is 13.2 Å². The molecule has 0 saturated heterocycles. The van der Waals surface area contributed by atoms with Gasteiger partial charge in [-0.05, 0) is 55.0 Å². The topological polar surface area (TPSA) is 50.4 Å². The van der Waals surface area contributed by atoms with E-state index in [1.165, 1.54) is 37.3 Å². The van der Waals surface area contributed by atoms with E-state index in [1.54, 1.807) is 18.2 Å². The smallest absolute Gasteiger partial charge is 0.387 e. The Morgan fingerprint density at radius 3 is 2.44 bits per heavy atom. The zero-order valence-corrected chi connectivity index (χ0v) is 14.9. The van der Waals surface area contributed by atoms with Crippen LogP contribution in [0.15, 0.2) is 54.1 Å². The summed E-state index contributed by atoms with van der Waals surface area (Å²) in [6.45, 7) is -1.65. The first kappa shape index (κ1) is 18.9. The normalized spacial score (nSPS) is 16.8. The lowest BCUT2D eigenvalue weighted by atomic mass is 9.90. The molecule has 2 aromatic carbocycles. The lowest BCUT2D eigenvalue weighted by molar-refractivity contribution is -0.113. The molecule has 3 rings (SSSR count). The average molecular weight is 392 g/mol. The summed E-state index contributed by atoms with van der Waals surface area (Å²) >= 11 is 5.23. The zero-order valence-electron chi connectivity index (χ0n) is 14.1. The fourth-order valence-electron chi connectivity index (χ4n) is 2.94. The molecule has 2 aromatic rings. The first-order valence-corrected chi connectivity index (χ1v) is 8.40. The maximum Gasteiger partial charge on any atom is 0.387 e. The van der Waals surface area contributed by atoms with Gasteiger partial charge in [-0.2, -0.15) is 8.78 Å². The van der Waals surface area contributed by atoms with Crippen LogP contribution in [0, 0.1) is 5.82 Å². The fourth-order valence-corrected chi connectivity index (χ4v) is 3.16. The van der Waals surface area contributed by atoms with Crippen LogP contribution in [0.25, 0.3) is 5.70 Å². The van der Waals surface area contributed by atoms with Gasteiger partial charge in [0.15, 0.2) is 10.9 Å². The molecular weight excluding hydrogens is 377 g/mol. The maximum atomic E-state index is 13.3. The van der Waals surface area contributed by atoms with Crippen molar-refractivity contribution in [3.05, 3.63) is 71.0 Å². The minimum Gasteiger partial charge on any atom is -0.434 e. The number of carbonyl (C=O) groups excluding carboxylic acids is 1. The van der Waals surface area contributed by atoms with E-state index in [9.17, 15) is 18.0 Å². The Morgan fingerprint density at radius 1 is 1.15 bits per heavy atom. The molecule has 0 amide bonds. The molecule has 0 saturated carbocycles. The Hall–Kier alpha value is -2.87. The molecule has 8 heteroatoms. The number of ketones is 1. The molecule has 0 spiro atoms. The van der Waals surface area contributed by atoms with Gasteiger partial charge in [-0.25, -0.2) is 4.39 Å². The molecule has 0 fully saturated rings. The van der Waals surface area contributed by atoms with E-state index in [1.807, 2.05) is 0 Å². The first-order chi connectivity index (χ1) is 12.9. The second-order valence-corrected chi connectivity index (χ2v) is 6.21. The van der Waals surface area contributed by atoms with Crippen molar-refractivity contribution in [1.82, 2.24) is 10.6 Å². The number of hydrogen-bond acceptors (Lipinski definition) is 3. The first-order valence-electron chi connectivity index (χ1n) is 7.99. The fraction of sp³-hybridized carbons (Fsp3) is 0.158. The Kier molecular flexibility index (Phi) is 5.46. The highest BCUT2D eigenvalue weighted by atomic mass is 32.1. The minimum absolute atomic E-state index is 0.0630. The third-order valence-electron chi connectivity index (χ3n) is 4.03. The lowest BCUT2D eigenvalue weighted by Crippen LogP contribution is -2.44. The molecule has 0 radical (unpaired) electrons. The highest BCUT2D eigenvalue weighted by molar-refractivity contribution is 7.80. The summed E-state index contributed by atoms with van der Waals surface area (Å²) in [5.74, 6) is -0.784. The van der Waals surface area contributed by atoms with Crippen molar-refractivity contribution in [2.24, 2.45) is 0 Å². The van der Waals surface area contributed by atoms with Crippen LogP contribution >= 0.6 is 12.2 Å². The summed E-state index contributed by atoms with van der Waals surface area (Å²) < 4.78 is 43.4. The van der Waals surface area contributed by atoms with Crippen molar-refractivity contribution < 1.29 is 22.7 Å². The van der Waals surface area contributed by atoms with Crippen LogP contribution in [0.3, 0.4) is 0 Å². The van der Waals surface area contributed by atoms with Gasteiger partial charge in [0.25, 0.3) is 0 Å². The number of benzene rings is 2. The van der Waals surface area contributed by atoms with Crippen LogP contribution in [0.5, 0.6) is 5.75 Å². The van der Waals surface area contributed by atoms with Crippen molar-refractivity contribution >= 4 is 28.8 Å². The number of Topliss-reactive ketones (excluding diaryl/α,β-unsaturated/α-hetero) is 1. The van der Waals surface area contributed by atoms with E-state index in [2.05, 4.69) is 15.4 Å². The molecule has 2 N–H and O–H groups in total. The molecule has 4 nitrogen and oxygen atoms in total. The molecule has 1 atom stereocenters. The van der Waals surface area contributed by atoms with Crippen molar-refractivity contribution in [3.63, 3.8) is 0 Å². The maximum absolute atomic E-state index is 13.3. The molecule has 140 valence electrons. The summed E-state index contributed by atoms with van der Waals surface area (Å²) in [6, 6.07) is 10.9. The summed E-state index contributed by atoms with van der Waals surface area (Å²) in [5.41, 5.74) is 1.55. The number of alkyl halides is 2. The van der Waals surface area contributed by atoms with Crippen molar-refractivity contribution in [3.8, 4) is 5.75 Å². The quantitative estimate of drug-likeness (QED) is 0.755. The molecule has 1 aliphatic heterocycles. The van der Waals surface area contributed by atoms with E-state index in [0.717, 1.165) is 0 Å². The average Bonchev–Trinajstić information content (AvgIpc) is 2.61. The van der Waals surface area contributed by atoms with Gasteiger partial charge >= 0.3 is 6.61 Å². The third kappa shape index (κ3) is 4.11. The molecular formula is C19H15F3N2O2S. The summed E-state index contributed by atoms with van der Waals surface area (Å²) in [7, 11) is 0. The SMILES string of the molecule is CC(=O)C1=C(c2ccc(F)cc2)NC(=S)N[C@@H]1c1ccccc1OC(F)F. The number of carbonyl (C=O) groups is 1. The van der Waals surface area contributed by atoms with E-state index in [4.69, 9.17) is 12.2 Å². The third-order valence-corrected chi connectivity index (χ3v) is 4.25. The second-order valence-electron chi connectivity index (χ2n) is 5.80. The second kappa shape index (κ2) is 7.79. The van der Waals surface area contributed by atoms with Gasteiger partial charge in [-0.3, -0.25) is 4.79 Å². The number of para-hydroxylation sites is 1. The number of halogens is 3. The largest absolute Gasteiger partial charge is 0.434 e. The van der Waals surface area contributed by atoms with Crippen LogP contribution in [0.2, 0.25) is 0 Å². The summed E-state index contributed by atoms with van der Waals surface area (Å²) in [5, 5.41) is 6.05. The van der Waals surface area contributed by atoms with Crippen LogP contribution in [-0.2, 0) is 4.79 Å². The van der Waals surface area contributed by atoms with Gasteiger partial charge in [0.05, 0.1) is 11.7 Å². The zero-order chi connectivity index (χ0) is 19.6. The molecule has 1 aliphatic rings. The predicted molar refractivity (Wildman–Crippen MR) is 98.7 cm³/mol. The number of hydrogen-bond donors (Lipinski definition) is 2. The Morgan fingerprint density at radius 2 is 1.81 bits per heavy atom. The monoisotopic (exact) mass is 392 g/mol. The highest BCUT2D eigenvalue weighted by Crippen LogP contribution is 2.36. The predicted octanol–water partition coefficient (Wildman–Crippen LogP) is 3.95. The Bertz CT molecular complexity index is 913. The number of rotatable bonds is 5. The van der Waals surface area contributed by atoms with Crippen LogP contribution < -0.4 is 15.4 Å². The van der Waals surface area contributed by atoms with Gasteiger partial charge in [0, 0.05) is 11.1 Å². The van der Waals surface area contributed by atoms with Crippen LogP contribution in [0.1, 0.15) is 24.1 Å². The van der Waals surface area contributed by atoms with Gasteiger partial charge < -0.3 is 15.4 Å². The number of ether oxygens (including phenoxy) is 1. The summed E-state index contributed by atoms with van der Waals surface area (Å²) in [4.78, 5) is 12.4. The molecule has 0 aromatic heterocycles. The lowest BCUT2D eigenvalue weighted by Gasteiger charge is -2.32. The molecule has 0 unspecified atom stereocenters. The molecule has 27 heavy (non-hydrogen) atoms. The summed E-state index contributed by atoms with van der Waals surface area (Å²) in [6.07, 6.45) is 0. The molecule has 0 aliphatic carbocycles. The van der Waals surface area contributed by atoms with E-state index < -0.39 is 18.5 Å². The minimum atomic E-state index is -3.01. The standard InChI is InChI=1S/C19H15F3N2O2S/c1-10(25)15-16(11-6-8-12(20)9-7-11)23-19(27)24-17(15)13-4-2-3-5-14(13)26-18(21)22/h2-9,17-18H,1H3,(H2,23,24,27)/t17-/m1/s1.